The van der Waals surface area contributed by atoms with E-state index >= 15 is 0 Å². The highest BCUT2D eigenvalue weighted by atomic mass is 19.4. The zero-order chi connectivity index (χ0) is 23.0. The van der Waals surface area contributed by atoms with Gasteiger partial charge in [-0.25, -0.2) is 9.50 Å². The van der Waals surface area contributed by atoms with E-state index < -0.39 is 12.0 Å². The average Bonchev–Trinajstić information content (AvgIpc) is 3.27. The SMILES string of the molecule is Cc1nc2nc(C(F)(F)F)nn2c(C)c1CCC(=O)N1CCCCC[C@H]1c1cccn1C. The second-order valence-electron chi connectivity index (χ2n) is 8.40. The van der Waals surface area contributed by atoms with E-state index in [0.29, 0.717) is 24.4 Å². The van der Waals surface area contributed by atoms with Gasteiger partial charge >= 0.3 is 6.18 Å². The highest BCUT2D eigenvalue weighted by Gasteiger charge is 2.37. The first-order chi connectivity index (χ1) is 15.2. The number of carbonyl (C=O) groups excluding carboxylic acids is 1. The number of halogens is 3. The second-order valence-corrected chi connectivity index (χ2v) is 8.40. The molecule has 1 aliphatic rings. The maximum atomic E-state index is 13.3. The minimum absolute atomic E-state index is 0.0393. The van der Waals surface area contributed by atoms with Gasteiger partial charge in [-0.2, -0.15) is 18.2 Å². The Morgan fingerprint density at radius 2 is 1.97 bits per heavy atom. The largest absolute Gasteiger partial charge is 0.453 e. The predicted molar refractivity (Wildman–Crippen MR) is 112 cm³/mol. The normalized spacial score (nSPS) is 17.7. The molecule has 3 aromatic rings. The monoisotopic (exact) mass is 448 g/mol. The van der Waals surface area contributed by atoms with Gasteiger partial charge in [-0.05, 0) is 50.8 Å². The van der Waals surface area contributed by atoms with Gasteiger partial charge in [-0.15, -0.1) is 5.10 Å². The Balaban J connectivity index is 1.57. The van der Waals surface area contributed by atoms with Crippen LogP contribution in [0.4, 0.5) is 13.2 Å². The van der Waals surface area contributed by atoms with Gasteiger partial charge < -0.3 is 9.47 Å². The first-order valence-corrected chi connectivity index (χ1v) is 10.9. The van der Waals surface area contributed by atoms with Crippen molar-refractivity contribution in [1.82, 2.24) is 29.0 Å². The minimum Gasteiger partial charge on any atom is -0.353 e. The third-order valence-corrected chi connectivity index (χ3v) is 6.29. The summed E-state index contributed by atoms with van der Waals surface area (Å²) >= 11 is 0. The fraction of sp³-hybridized carbons (Fsp3) is 0.545. The van der Waals surface area contributed by atoms with Gasteiger partial charge in [0.1, 0.15) is 0 Å². The first kappa shape index (κ1) is 22.3. The Bertz CT molecular complexity index is 1130. The Labute approximate surface area is 184 Å². The van der Waals surface area contributed by atoms with Crippen molar-refractivity contribution >= 4 is 11.7 Å². The summed E-state index contributed by atoms with van der Waals surface area (Å²) in [6, 6.07) is 4.09. The number of carbonyl (C=O) groups is 1. The summed E-state index contributed by atoms with van der Waals surface area (Å²) in [6.07, 6.45) is 2.07. The van der Waals surface area contributed by atoms with Gasteiger partial charge in [-0.3, -0.25) is 4.79 Å². The molecule has 0 aliphatic carbocycles. The number of rotatable bonds is 4. The van der Waals surface area contributed by atoms with Crippen LogP contribution < -0.4 is 0 Å². The Hall–Kier alpha value is -2.91. The van der Waals surface area contributed by atoms with Gasteiger partial charge in [0.25, 0.3) is 11.6 Å². The van der Waals surface area contributed by atoms with E-state index in [2.05, 4.69) is 25.7 Å². The zero-order valence-corrected chi connectivity index (χ0v) is 18.5. The molecule has 32 heavy (non-hydrogen) atoms. The molecule has 7 nitrogen and oxygen atoms in total. The van der Waals surface area contributed by atoms with E-state index in [4.69, 9.17) is 0 Å². The van der Waals surface area contributed by atoms with Crippen molar-refractivity contribution in [2.45, 2.75) is 64.6 Å². The molecule has 4 heterocycles. The molecule has 0 saturated carbocycles. The van der Waals surface area contributed by atoms with Gasteiger partial charge in [0, 0.05) is 43.3 Å². The number of nitrogens with zero attached hydrogens (tertiary/aromatic N) is 6. The number of amides is 1. The van der Waals surface area contributed by atoms with E-state index in [0.717, 1.165) is 41.5 Å². The van der Waals surface area contributed by atoms with Gasteiger partial charge in [0.05, 0.1) is 6.04 Å². The van der Waals surface area contributed by atoms with Crippen LogP contribution >= 0.6 is 0 Å². The lowest BCUT2D eigenvalue weighted by Crippen LogP contribution is -2.35. The summed E-state index contributed by atoms with van der Waals surface area (Å²) in [4.78, 5) is 23.0. The molecule has 1 amide bonds. The third kappa shape index (κ3) is 4.22. The third-order valence-electron chi connectivity index (χ3n) is 6.29. The smallest absolute Gasteiger partial charge is 0.353 e. The van der Waals surface area contributed by atoms with E-state index in [-0.39, 0.29) is 24.1 Å². The molecule has 0 unspecified atom stereocenters. The molecule has 1 atom stereocenters. The van der Waals surface area contributed by atoms with Crippen molar-refractivity contribution in [3.63, 3.8) is 0 Å². The van der Waals surface area contributed by atoms with Crippen molar-refractivity contribution in [3.8, 4) is 0 Å². The molecule has 0 radical (unpaired) electrons. The van der Waals surface area contributed by atoms with Crippen LogP contribution in [0, 0.1) is 13.8 Å². The number of likely N-dealkylation sites (tertiary alicyclic amines) is 1. The first-order valence-electron chi connectivity index (χ1n) is 10.9. The Kier molecular flexibility index (Phi) is 5.96. The highest BCUT2D eigenvalue weighted by molar-refractivity contribution is 5.77. The maximum absolute atomic E-state index is 13.3. The summed E-state index contributed by atoms with van der Waals surface area (Å²) in [5, 5.41) is 3.59. The molecule has 172 valence electrons. The van der Waals surface area contributed by atoms with Crippen molar-refractivity contribution in [2.24, 2.45) is 7.05 Å². The van der Waals surface area contributed by atoms with E-state index in [9.17, 15) is 18.0 Å². The molecule has 3 aromatic heterocycles. The molecular formula is C22H27F3N6O. The number of alkyl halides is 3. The number of aromatic nitrogens is 5. The summed E-state index contributed by atoms with van der Waals surface area (Å²) in [6.45, 7) is 4.13. The average molecular weight is 448 g/mol. The predicted octanol–water partition coefficient (Wildman–Crippen LogP) is 4.17. The topological polar surface area (TPSA) is 68.3 Å². The molecule has 1 saturated heterocycles. The molecular weight excluding hydrogens is 421 g/mol. The Morgan fingerprint density at radius 3 is 2.66 bits per heavy atom. The van der Waals surface area contributed by atoms with Crippen LogP contribution in [-0.2, 0) is 24.4 Å². The van der Waals surface area contributed by atoms with E-state index in [1.807, 2.05) is 24.2 Å². The quantitative estimate of drug-likeness (QED) is 0.601. The van der Waals surface area contributed by atoms with Crippen molar-refractivity contribution in [1.29, 1.82) is 0 Å². The molecule has 0 bridgehead atoms. The van der Waals surface area contributed by atoms with Gasteiger partial charge in [-0.1, -0.05) is 12.8 Å². The number of hydrogen-bond acceptors (Lipinski definition) is 4. The van der Waals surface area contributed by atoms with Crippen LogP contribution in [0.25, 0.3) is 5.78 Å². The number of hydrogen-bond donors (Lipinski definition) is 0. The van der Waals surface area contributed by atoms with Gasteiger partial charge in [0.15, 0.2) is 0 Å². The van der Waals surface area contributed by atoms with E-state index in [1.165, 1.54) is 0 Å². The maximum Gasteiger partial charge on any atom is 0.453 e. The molecule has 10 heteroatoms. The molecule has 1 fully saturated rings. The summed E-state index contributed by atoms with van der Waals surface area (Å²) in [7, 11) is 1.99. The second kappa shape index (κ2) is 8.55. The van der Waals surface area contributed by atoms with Crippen molar-refractivity contribution in [2.75, 3.05) is 6.54 Å². The highest BCUT2D eigenvalue weighted by Crippen LogP contribution is 2.31. The van der Waals surface area contributed by atoms with Gasteiger partial charge in [0.2, 0.25) is 5.91 Å². The molecule has 4 rings (SSSR count). The fourth-order valence-electron chi connectivity index (χ4n) is 4.60. The lowest BCUT2D eigenvalue weighted by Gasteiger charge is -2.31. The fourth-order valence-corrected chi connectivity index (χ4v) is 4.60. The number of fused-ring (bicyclic) bond motifs is 1. The van der Waals surface area contributed by atoms with Crippen LogP contribution in [0.3, 0.4) is 0 Å². The molecule has 0 aromatic carbocycles. The molecule has 1 aliphatic heterocycles. The zero-order valence-electron chi connectivity index (χ0n) is 18.5. The van der Waals surface area contributed by atoms with Crippen molar-refractivity contribution in [3.05, 3.63) is 46.8 Å². The molecule has 0 N–H and O–H groups in total. The lowest BCUT2D eigenvalue weighted by atomic mass is 10.0. The van der Waals surface area contributed by atoms with E-state index in [1.54, 1.807) is 13.8 Å². The minimum atomic E-state index is -4.64. The summed E-state index contributed by atoms with van der Waals surface area (Å²) in [5.74, 6) is -1.25. The Morgan fingerprint density at radius 1 is 1.19 bits per heavy atom. The van der Waals surface area contributed by atoms with Crippen molar-refractivity contribution < 1.29 is 18.0 Å². The number of aryl methyl sites for hydroxylation is 3. The van der Waals surface area contributed by atoms with Crippen LogP contribution in [0.1, 0.15) is 66.6 Å². The summed E-state index contributed by atoms with van der Waals surface area (Å²) < 4.78 is 42.2. The van der Waals surface area contributed by atoms with Crippen LogP contribution in [-0.4, -0.2) is 41.5 Å². The summed E-state index contributed by atoms with van der Waals surface area (Å²) in [5.41, 5.74) is 2.95. The van der Waals surface area contributed by atoms with Crippen LogP contribution in [0.15, 0.2) is 18.3 Å². The molecule has 0 spiro atoms. The van der Waals surface area contributed by atoms with Crippen LogP contribution in [0.2, 0.25) is 0 Å². The lowest BCUT2D eigenvalue weighted by molar-refractivity contribution is -0.144. The standard InChI is InChI=1S/C22H27F3N6O/c1-14-16(15(2)31-21(26-14)27-20(28-31)22(23,24)25)10-11-19(32)30-13-6-4-5-8-18(30)17-9-7-12-29(17)3/h7,9,12,18H,4-6,8,10-11,13H2,1-3H3/t18-/m0/s1. The van der Waals surface area contributed by atoms with Crippen LogP contribution in [0.5, 0.6) is 0 Å².